The van der Waals surface area contributed by atoms with Gasteiger partial charge in [-0.3, -0.25) is 0 Å². The molecule has 1 aliphatic carbocycles. The molecule has 1 fully saturated rings. The predicted molar refractivity (Wildman–Crippen MR) is 72.5 cm³/mol. The molecular formula is C15H21NO2. The van der Waals surface area contributed by atoms with Gasteiger partial charge < -0.3 is 9.94 Å². The smallest absolute Gasteiger partial charge is 0.119 e. The van der Waals surface area contributed by atoms with Crippen LogP contribution in [0.1, 0.15) is 45.1 Å². The largest absolute Gasteiger partial charge is 0.490 e. The molecule has 2 rings (SSSR count). The highest BCUT2D eigenvalue weighted by Crippen LogP contribution is 2.27. The fourth-order valence-electron chi connectivity index (χ4n) is 2.51. The van der Waals surface area contributed by atoms with Crippen molar-refractivity contribution in [2.24, 2.45) is 11.1 Å². The van der Waals surface area contributed by atoms with E-state index in [1.54, 1.807) is 6.92 Å². The van der Waals surface area contributed by atoms with Crippen LogP contribution in [0.4, 0.5) is 0 Å². The molecular weight excluding hydrogens is 226 g/mol. The van der Waals surface area contributed by atoms with Gasteiger partial charge in [0.1, 0.15) is 5.75 Å². The predicted octanol–water partition coefficient (Wildman–Crippen LogP) is 3.84. The average molecular weight is 247 g/mol. The van der Waals surface area contributed by atoms with Gasteiger partial charge in [0.05, 0.1) is 11.8 Å². The van der Waals surface area contributed by atoms with Gasteiger partial charge >= 0.3 is 0 Å². The Bertz CT molecular complexity index is 411. The first-order valence-corrected chi connectivity index (χ1v) is 6.65. The van der Waals surface area contributed by atoms with Crippen molar-refractivity contribution < 1.29 is 9.94 Å². The van der Waals surface area contributed by atoms with Gasteiger partial charge in [0.25, 0.3) is 0 Å². The third kappa shape index (κ3) is 3.25. The molecule has 18 heavy (non-hydrogen) atoms. The Kier molecular flexibility index (Phi) is 4.24. The molecule has 0 radical (unpaired) electrons. The van der Waals surface area contributed by atoms with Crippen LogP contribution in [0.25, 0.3) is 0 Å². The highest BCUT2D eigenvalue weighted by Gasteiger charge is 2.20. The summed E-state index contributed by atoms with van der Waals surface area (Å²) in [6, 6.07) is 7.75. The van der Waals surface area contributed by atoms with E-state index in [1.807, 2.05) is 24.3 Å². The molecule has 0 aliphatic heterocycles. The van der Waals surface area contributed by atoms with Gasteiger partial charge in [0.15, 0.2) is 0 Å². The van der Waals surface area contributed by atoms with Crippen LogP contribution in [0, 0.1) is 5.92 Å². The third-order valence-electron chi connectivity index (χ3n) is 3.61. The maximum absolute atomic E-state index is 8.70. The number of oxime groups is 1. The van der Waals surface area contributed by atoms with Crippen molar-refractivity contribution in [3.8, 4) is 5.75 Å². The summed E-state index contributed by atoms with van der Waals surface area (Å²) in [7, 11) is 0. The quantitative estimate of drug-likeness (QED) is 0.501. The fourth-order valence-corrected chi connectivity index (χ4v) is 2.51. The van der Waals surface area contributed by atoms with Crippen molar-refractivity contribution in [3.63, 3.8) is 0 Å². The van der Waals surface area contributed by atoms with Crippen LogP contribution < -0.4 is 4.74 Å². The lowest BCUT2D eigenvalue weighted by Gasteiger charge is -2.27. The number of rotatable bonds is 3. The summed E-state index contributed by atoms with van der Waals surface area (Å²) in [5.74, 6) is 1.68. The Morgan fingerprint density at radius 2 is 2.00 bits per heavy atom. The lowest BCUT2D eigenvalue weighted by atomic mass is 9.89. The molecule has 0 spiro atoms. The van der Waals surface area contributed by atoms with Crippen LogP contribution in [0.2, 0.25) is 0 Å². The van der Waals surface area contributed by atoms with Gasteiger partial charge in [-0.25, -0.2) is 0 Å². The molecule has 0 amide bonds. The second kappa shape index (κ2) is 5.89. The number of ether oxygens (including phenoxy) is 1. The van der Waals surface area contributed by atoms with Crippen LogP contribution in [0.5, 0.6) is 5.75 Å². The van der Waals surface area contributed by atoms with E-state index in [1.165, 1.54) is 12.8 Å². The van der Waals surface area contributed by atoms with E-state index in [0.717, 1.165) is 30.1 Å². The molecule has 1 aliphatic rings. The van der Waals surface area contributed by atoms with Gasteiger partial charge in [-0.2, -0.15) is 0 Å². The summed E-state index contributed by atoms with van der Waals surface area (Å²) in [4.78, 5) is 0. The molecule has 1 aromatic carbocycles. The van der Waals surface area contributed by atoms with Crippen molar-refractivity contribution in [3.05, 3.63) is 29.8 Å². The minimum Gasteiger partial charge on any atom is -0.490 e. The molecule has 3 nitrogen and oxygen atoms in total. The van der Waals surface area contributed by atoms with Crippen molar-refractivity contribution in [1.82, 2.24) is 0 Å². The monoisotopic (exact) mass is 247 g/mol. The van der Waals surface area contributed by atoms with Gasteiger partial charge in [-0.05, 0) is 61.9 Å². The van der Waals surface area contributed by atoms with E-state index in [-0.39, 0.29) is 0 Å². The van der Waals surface area contributed by atoms with Crippen molar-refractivity contribution in [2.75, 3.05) is 0 Å². The Balaban J connectivity index is 1.97. The molecule has 3 heteroatoms. The number of hydrogen-bond acceptors (Lipinski definition) is 3. The molecule has 98 valence electrons. The van der Waals surface area contributed by atoms with Crippen LogP contribution in [-0.4, -0.2) is 17.0 Å². The molecule has 0 aromatic heterocycles. The number of hydrogen-bond donors (Lipinski definition) is 1. The third-order valence-corrected chi connectivity index (χ3v) is 3.61. The first-order valence-electron chi connectivity index (χ1n) is 6.65. The van der Waals surface area contributed by atoms with E-state index in [2.05, 4.69) is 12.1 Å². The lowest BCUT2D eigenvalue weighted by molar-refractivity contribution is 0.129. The minimum atomic E-state index is 0.354. The zero-order chi connectivity index (χ0) is 13.0. The summed E-state index contributed by atoms with van der Waals surface area (Å²) in [6.07, 6.45) is 5.25. The molecule has 1 saturated carbocycles. The normalized spacial score (nSPS) is 24.9. The molecule has 0 heterocycles. The second-order valence-corrected chi connectivity index (χ2v) is 5.22. The molecule has 2 unspecified atom stereocenters. The topological polar surface area (TPSA) is 41.8 Å². The van der Waals surface area contributed by atoms with Crippen molar-refractivity contribution >= 4 is 5.71 Å². The van der Waals surface area contributed by atoms with E-state index >= 15 is 0 Å². The highest BCUT2D eigenvalue weighted by atomic mass is 16.5. The summed E-state index contributed by atoms with van der Waals surface area (Å²) < 4.78 is 5.99. The van der Waals surface area contributed by atoms with Gasteiger partial charge in [-0.15, -0.1) is 0 Å². The van der Waals surface area contributed by atoms with Crippen molar-refractivity contribution in [2.45, 2.75) is 45.6 Å². The lowest BCUT2D eigenvalue weighted by Crippen LogP contribution is -2.24. The van der Waals surface area contributed by atoms with Crippen LogP contribution in [0.15, 0.2) is 29.4 Å². The number of nitrogens with zero attached hydrogens (tertiary/aromatic N) is 1. The molecule has 0 bridgehead atoms. The zero-order valence-electron chi connectivity index (χ0n) is 11.1. The van der Waals surface area contributed by atoms with Crippen LogP contribution in [-0.2, 0) is 0 Å². The summed E-state index contributed by atoms with van der Waals surface area (Å²) in [5, 5.41) is 11.9. The second-order valence-electron chi connectivity index (χ2n) is 5.22. The average Bonchev–Trinajstić information content (AvgIpc) is 2.39. The van der Waals surface area contributed by atoms with Crippen molar-refractivity contribution in [1.29, 1.82) is 0 Å². The Morgan fingerprint density at radius 1 is 1.28 bits per heavy atom. The maximum atomic E-state index is 8.70. The molecule has 1 N–H and O–H groups in total. The molecule has 0 saturated heterocycles. The van der Waals surface area contributed by atoms with E-state index in [0.29, 0.717) is 11.8 Å². The highest BCUT2D eigenvalue weighted by molar-refractivity contribution is 5.98. The summed E-state index contributed by atoms with van der Waals surface area (Å²) in [5.41, 5.74) is 1.54. The Morgan fingerprint density at radius 3 is 2.61 bits per heavy atom. The Hall–Kier alpha value is -1.51. The van der Waals surface area contributed by atoms with Gasteiger partial charge in [-0.1, -0.05) is 18.5 Å². The zero-order valence-corrected chi connectivity index (χ0v) is 11.1. The standard InChI is InChI=1S/C15H21NO2/c1-11-4-3-5-15(10-11)18-14-8-6-13(7-9-14)12(2)16-17/h6-9,11,15,17H,3-5,10H2,1-2H3. The first-order chi connectivity index (χ1) is 8.69. The van der Waals surface area contributed by atoms with Crippen LogP contribution >= 0.6 is 0 Å². The molecule has 2 atom stereocenters. The van der Waals surface area contributed by atoms with E-state index in [9.17, 15) is 0 Å². The summed E-state index contributed by atoms with van der Waals surface area (Å²) >= 11 is 0. The van der Waals surface area contributed by atoms with Gasteiger partial charge in [0.2, 0.25) is 0 Å². The Labute approximate surface area is 108 Å². The van der Waals surface area contributed by atoms with E-state index in [4.69, 9.17) is 9.94 Å². The summed E-state index contributed by atoms with van der Waals surface area (Å²) in [6.45, 7) is 4.07. The van der Waals surface area contributed by atoms with E-state index < -0.39 is 0 Å². The number of benzene rings is 1. The maximum Gasteiger partial charge on any atom is 0.119 e. The first kappa shape index (κ1) is 12.9. The minimum absolute atomic E-state index is 0.354. The fraction of sp³-hybridized carbons (Fsp3) is 0.533. The SMILES string of the molecule is CC(=NO)c1ccc(OC2CCCC(C)C2)cc1. The van der Waals surface area contributed by atoms with Crippen LogP contribution in [0.3, 0.4) is 0 Å². The molecule has 1 aromatic rings. The van der Waals surface area contributed by atoms with Gasteiger partial charge in [0, 0.05) is 0 Å².